The summed E-state index contributed by atoms with van der Waals surface area (Å²) >= 11 is 0. The lowest BCUT2D eigenvalue weighted by molar-refractivity contribution is -0.143. The summed E-state index contributed by atoms with van der Waals surface area (Å²) in [7, 11) is 1.74. The molecule has 0 N–H and O–H groups in total. The number of halogens is 6. The highest BCUT2D eigenvalue weighted by Gasteiger charge is 2.44. The maximum Gasteiger partial charge on any atom is 0.416 e. The molecule has 2 saturated heterocycles. The van der Waals surface area contributed by atoms with Crippen molar-refractivity contribution in [2.24, 2.45) is 7.05 Å². The fraction of sp³-hybridized carbons (Fsp3) is 0.571. The minimum Gasteiger partial charge on any atom is -0.444 e. The van der Waals surface area contributed by atoms with Crippen molar-refractivity contribution in [1.29, 1.82) is 0 Å². The van der Waals surface area contributed by atoms with Gasteiger partial charge < -0.3 is 24.2 Å². The van der Waals surface area contributed by atoms with Crippen molar-refractivity contribution in [2.45, 2.75) is 109 Å². The quantitative estimate of drug-likeness (QED) is 0.217. The van der Waals surface area contributed by atoms with E-state index in [1.54, 1.807) is 54.7 Å². The van der Waals surface area contributed by atoms with Crippen LogP contribution < -0.4 is 4.90 Å². The van der Waals surface area contributed by atoms with Crippen molar-refractivity contribution < 1.29 is 45.4 Å². The Hall–Kier alpha value is -4.57. The molecule has 0 aliphatic carbocycles. The van der Waals surface area contributed by atoms with Gasteiger partial charge in [0.1, 0.15) is 11.7 Å². The molecular weight excluding hydrogens is 696 g/mol. The molecule has 2 aliphatic heterocycles. The molecular formula is C35H43F6N7O4. The molecule has 2 aromatic heterocycles. The van der Waals surface area contributed by atoms with Crippen LogP contribution in [0.15, 0.2) is 43.0 Å². The Kier molecular flexibility index (Phi) is 11.0. The van der Waals surface area contributed by atoms with Gasteiger partial charge in [0.25, 0.3) is 0 Å². The number of ether oxygens (including phenoxy) is 2. The Morgan fingerprint density at radius 1 is 0.846 bits per heavy atom. The van der Waals surface area contributed by atoms with Crippen molar-refractivity contribution >= 4 is 18.1 Å². The Balaban J connectivity index is 1.42. The van der Waals surface area contributed by atoms with Crippen LogP contribution in [0, 0.1) is 0 Å². The molecule has 0 saturated carbocycles. The Labute approximate surface area is 297 Å². The smallest absolute Gasteiger partial charge is 0.416 e. The molecule has 284 valence electrons. The monoisotopic (exact) mass is 739 g/mol. The Morgan fingerprint density at radius 3 is 1.87 bits per heavy atom. The molecule has 0 radical (unpaired) electrons. The second-order valence-corrected chi connectivity index (χ2v) is 14.3. The number of anilines is 1. The number of amides is 2. The van der Waals surface area contributed by atoms with Crippen LogP contribution in [0.2, 0.25) is 0 Å². The third kappa shape index (κ3) is 9.07. The van der Waals surface area contributed by atoms with E-state index in [0.29, 0.717) is 43.4 Å². The van der Waals surface area contributed by atoms with Gasteiger partial charge >= 0.3 is 24.5 Å². The molecule has 52 heavy (non-hydrogen) atoms. The summed E-state index contributed by atoms with van der Waals surface area (Å²) in [5, 5.41) is 4.15. The normalized spacial score (nSPS) is 20.0. The molecule has 0 bridgehead atoms. The number of hydrogen-bond donors (Lipinski definition) is 0. The number of hydrogen-bond acceptors (Lipinski definition) is 8. The number of aryl methyl sites for hydroxylation is 1. The van der Waals surface area contributed by atoms with Crippen LogP contribution in [0.1, 0.15) is 77.0 Å². The number of carbonyl (C=O) groups excluding carboxylic acids is 2. The Morgan fingerprint density at radius 2 is 1.40 bits per heavy atom. The third-order valence-corrected chi connectivity index (χ3v) is 9.17. The minimum absolute atomic E-state index is 0.103. The largest absolute Gasteiger partial charge is 0.444 e. The number of aromatic nitrogens is 4. The van der Waals surface area contributed by atoms with Gasteiger partial charge in [0.2, 0.25) is 5.95 Å². The molecule has 1 aromatic carbocycles. The number of nitrogens with zero attached hydrogens (tertiary/aromatic N) is 7. The summed E-state index contributed by atoms with van der Waals surface area (Å²) in [6, 6.07) is 0.286. The van der Waals surface area contributed by atoms with Crippen LogP contribution in [0.25, 0.3) is 11.1 Å². The zero-order valence-corrected chi connectivity index (χ0v) is 29.8. The predicted octanol–water partition coefficient (Wildman–Crippen LogP) is 7.70. The number of benzene rings is 1. The molecule has 2 amide bonds. The lowest BCUT2D eigenvalue weighted by Gasteiger charge is -2.48. The second kappa shape index (κ2) is 14.8. The molecule has 2 atom stereocenters. The van der Waals surface area contributed by atoms with E-state index in [4.69, 9.17) is 9.47 Å². The maximum atomic E-state index is 13.8. The molecule has 2 unspecified atom stereocenters. The van der Waals surface area contributed by atoms with Crippen LogP contribution in [0.4, 0.5) is 41.9 Å². The van der Waals surface area contributed by atoms with Gasteiger partial charge in [-0.1, -0.05) is 13.8 Å². The SMILES string of the molecule is CCC1CC(N(Cc2cc(C(F)(F)F)cc(C(F)(F)F)c2)c2ncc(-c3cnn(C)c3)cn2)CC(CC)N1C(=O)OC1CN(C(=O)OC(C)(C)C)C1. The fourth-order valence-corrected chi connectivity index (χ4v) is 6.58. The number of likely N-dealkylation sites (tertiary alicyclic amines) is 2. The predicted molar refractivity (Wildman–Crippen MR) is 178 cm³/mol. The van der Waals surface area contributed by atoms with E-state index in [-0.39, 0.29) is 49.3 Å². The van der Waals surface area contributed by atoms with Crippen LogP contribution in [0.5, 0.6) is 0 Å². The first-order chi connectivity index (χ1) is 24.2. The Bertz CT molecular complexity index is 1670. The van der Waals surface area contributed by atoms with E-state index in [1.807, 2.05) is 13.8 Å². The number of rotatable bonds is 8. The highest BCUT2D eigenvalue weighted by atomic mass is 19.4. The minimum atomic E-state index is -5.01. The summed E-state index contributed by atoms with van der Waals surface area (Å²) in [5.74, 6) is 0.112. The molecule has 5 rings (SSSR count). The zero-order chi connectivity index (χ0) is 38.2. The lowest BCUT2D eigenvalue weighted by atomic mass is 9.87. The molecule has 17 heteroatoms. The maximum absolute atomic E-state index is 13.8. The van der Waals surface area contributed by atoms with Gasteiger partial charge in [-0.25, -0.2) is 19.6 Å². The molecule has 2 aliphatic rings. The molecule has 0 spiro atoms. The summed E-state index contributed by atoms with van der Waals surface area (Å²) in [4.78, 5) is 39.8. The average molecular weight is 740 g/mol. The zero-order valence-electron chi connectivity index (χ0n) is 29.8. The van der Waals surface area contributed by atoms with Crippen molar-refractivity contribution in [2.75, 3.05) is 18.0 Å². The first-order valence-corrected chi connectivity index (χ1v) is 17.1. The summed E-state index contributed by atoms with van der Waals surface area (Å²) in [6.45, 7) is 9.05. The van der Waals surface area contributed by atoms with E-state index < -0.39 is 53.4 Å². The number of carbonyl (C=O) groups is 2. The van der Waals surface area contributed by atoms with Crippen LogP contribution in [-0.2, 0) is 35.4 Å². The molecule has 2 fully saturated rings. The summed E-state index contributed by atoms with van der Waals surface area (Å²) in [6.07, 6.45) is -3.57. The van der Waals surface area contributed by atoms with E-state index >= 15 is 0 Å². The lowest BCUT2D eigenvalue weighted by Crippen LogP contribution is -2.60. The third-order valence-electron chi connectivity index (χ3n) is 9.17. The highest BCUT2D eigenvalue weighted by Crippen LogP contribution is 2.38. The van der Waals surface area contributed by atoms with Crippen molar-refractivity contribution in [3.63, 3.8) is 0 Å². The van der Waals surface area contributed by atoms with Gasteiger partial charge in [0, 0.05) is 61.4 Å². The van der Waals surface area contributed by atoms with E-state index in [9.17, 15) is 35.9 Å². The van der Waals surface area contributed by atoms with Gasteiger partial charge in [-0.3, -0.25) is 4.68 Å². The van der Waals surface area contributed by atoms with E-state index in [1.165, 1.54) is 17.3 Å². The number of alkyl halides is 6. The van der Waals surface area contributed by atoms with Gasteiger partial charge in [0.05, 0.1) is 30.4 Å². The number of piperidine rings is 1. The van der Waals surface area contributed by atoms with Crippen molar-refractivity contribution in [3.8, 4) is 11.1 Å². The average Bonchev–Trinajstić information content (AvgIpc) is 3.48. The molecule has 3 aromatic rings. The summed E-state index contributed by atoms with van der Waals surface area (Å²) in [5.41, 5.74) is -2.38. The molecule has 11 nitrogen and oxygen atoms in total. The van der Waals surface area contributed by atoms with Gasteiger partial charge in [-0.2, -0.15) is 31.4 Å². The van der Waals surface area contributed by atoms with Gasteiger partial charge in [-0.15, -0.1) is 0 Å². The van der Waals surface area contributed by atoms with E-state index in [0.717, 1.165) is 5.56 Å². The van der Waals surface area contributed by atoms with Gasteiger partial charge in [-0.05, 0) is 70.2 Å². The highest BCUT2D eigenvalue weighted by molar-refractivity contribution is 5.71. The van der Waals surface area contributed by atoms with E-state index in [2.05, 4.69) is 15.1 Å². The second-order valence-electron chi connectivity index (χ2n) is 14.3. The van der Waals surface area contributed by atoms with Crippen molar-refractivity contribution in [1.82, 2.24) is 29.5 Å². The fourth-order valence-electron chi connectivity index (χ4n) is 6.58. The first kappa shape index (κ1) is 38.7. The van der Waals surface area contributed by atoms with Crippen LogP contribution in [-0.4, -0.2) is 84.7 Å². The standard InChI is InChI=1S/C35H43F6N7O4/c1-7-26-12-28(13-27(8-2)48(26)32(50)51-29-19-46(20-29)31(49)52-33(3,4)5)47(30-42-14-22(15-43-30)23-16-44-45(6)18-23)17-21-9-24(34(36,37)38)11-25(10-21)35(39,40)41/h9-11,14-16,18,26-29H,7-8,12-13,17,19-20H2,1-6H3. The van der Waals surface area contributed by atoms with Crippen molar-refractivity contribution in [3.05, 3.63) is 59.7 Å². The summed E-state index contributed by atoms with van der Waals surface area (Å²) < 4.78 is 95.8. The van der Waals surface area contributed by atoms with Crippen LogP contribution >= 0.6 is 0 Å². The topological polar surface area (TPSA) is 106 Å². The van der Waals surface area contributed by atoms with Gasteiger partial charge in [0.15, 0.2) is 0 Å². The first-order valence-electron chi connectivity index (χ1n) is 17.1. The van der Waals surface area contributed by atoms with Crippen LogP contribution in [0.3, 0.4) is 0 Å². The molecule has 4 heterocycles.